The SMILES string of the molecule is Cc1c(F)cccc1[C@@H]1[C@@H](C(=O)c2cccc(O)c2)CN(CCCCN(C)C)C[C@H]1C(=O)N1C(C)CCC1C. The number of phenolic OH excluding ortho intramolecular Hbond substituents is 1. The Morgan fingerprint density at radius 2 is 1.67 bits per heavy atom. The number of hydrogen-bond donors (Lipinski definition) is 1. The van der Waals surface area contributed by atoms with Crippen LogP contribution in [-0.2, 0) is 4.79 Å². The maximum absolute atomic E-state index is 14.9. The molecule has 2 aliphatic heterocycles. The smallest absolute Gasteiger partial charge is 0.228 e. The molecule has 4 rings (SSSR count). The standard InChI is InChI=1S/C32H44FN3O3/c1-21-14-15-22(2)36(21)32(39)28-20-35(17-7-6-16-34(4)5)19-27(31(38)24-10-8-11-25(37)18-24)30(28)26-12-9-13-29(33)23(26)3/h8-13,18,21-22,27-28,30,37H,6-7,14-17,19-20H2,1-5H3/t21?,22?,27-,28+,30+/m0/s1. The van der Waals surface area contributed by atoms with Gasteiger partial charge in [-0.25, -0.2) is 4.39 Å². The van der Waals surface area contributed by atoms with Crippen molar-refractivity contribution >= 4 is 11.7 Å². The molecule has 0 radical (unpaired) electrons. The summed E-state index contributed by atoms with van der Waals surface area (Å²) >= 11 is 0. The van der Waals surface area contributed by atoms with E-state index in [2.05, 4.69) is 37.7 Å². The highest BCUT2D eigenvalue weighted by atomic mass is 19.1. The van der Waals surface area contributed by atoms with Gasteiger partial charge in [0.1, 0.15) is 11.6 Å². The van der Waals surface area contributed by atoms with E-state index < -0.39 is 17.8 Å². The van der Waals surface area contributed by atoms with E-state index in [1.807, 2.05) is 11.0 Å². The molecule has 0 aliphatic carbocycles. The summed E-state index contributed by atoms with van der Waals surface area (Å²) in [6, 6.07) is 11.7. The fraction of sp³-hybridized carbons (Fsp3) is 0.562. The van der Waals surface area contributed by atoms with Gasteiger partial charge in [-0.3, -0.25) is 9.59 Å². The zero-order valence-corrected chi connectivity index (χ0v) is 24.1. The lowest BCUT2D eigenvalue weighted by atomic mass is 9.69. The molecule has 5 atom stereocenters. The Hall–Kier alpha value is -2.77. The summed E-state index contributed by atoms with van der Waals surface area (Å²) in [5, 5.41) is 10.1. The predicted molar refractivity (Wildman–Crippen MR) is 153 cm³/mol. The van der Waals surface area contributed by atoms with E-state index >= 15 is 0 Å². The van der Waals surface area contributed by atoms with E-state index in [1.54, 1.807) is 31.2 Å². The Balaban J connectivity index is 1.77. The quantitative estimate of drug-likeness (QED) is 0.356. The van der Waals surface area contributed by atoms with E-state index in [0.717, 1.165) is 44.3 Å². The molecule has 2 fully saturated rings. The summed E-state index contributed by atoms with van der Waals surface area (Å²) in [5.41, 5.74) is 1.65. The molecular formula is C32H44FN3O3. The monoisotopic (exact) mass is 537 g/mol. The average Bonchev–Trinajstić information content (AvgIpc) is 3.24. The number of nitrogens with zero attached hydrogens (tertiary/aromatic N) is 3. The zero-order chi connectivity index (χ0) is 28.3. The fourth-order valence-electron chi connectivity index (χ4n) is 6.68. The number of ketones is 1. The van der Waals surface area contributed by atoms with Gasteiger partial charge in [0.2, 0.25) is 5.91 Å². The third-order valence-electron chi connectivity index (χ3n) is 8.77. The molecular weight excluding hydrogens is 493 g/mol. The van der Waals surface area contributed by atoms with Crippen molar-refractivity contribution in [1.82, 2.24) is 14.7 Å². The first-order chi connectivity index (χ1) is 18.6. The maximum Gasteiger partial charge on any atom is 0.228 e. The number of benzene rings is 2. The third kappa shape index (κ3) is 6.52. The second kappa shape index (κ2) is 12.6. The highest BCUT2D eigenvalue weighted by Gasteiger charge is 2.48. The molecule has 7 heteroatoms. The van der Waals surface area contributed by atoms with Gasteiger partial charge in [-0.15, -0.1) is 0 Å². The van der Waals surface area contributed by atoms with Crippen LogP contribution in [0.25, 0.3) is 0 Å². The Morgan fingerprint density at radius 1 is 1.00 bits per heavy atom. The van der Waals surface area contributed by atoms with Crippen LogP contribution in [0.2, 0.25) is 0 Å². The lowest BCUT2D eigenvalue weighted by Crippen LogP contribution is -2.55. The van der Waals surface area contributed by atoms with Gasteiger partial charge < -0.3 is 19.8 Å². The van der Waals surface area contributed by atoms with Crippen LogP contribution in [0.1, 0.15) is 66.9 Å². The van der Waals surface area contributed by atoms with Gasteiger partial charge in [0.05, 0.1) is 5.92 Å². The molecule has 2 aromatic rings. The number of halogens is 1. The summed E-state index contributed by atoms with van der Waals surface area (Å²) in [4.78, 5) is 35.0. The highest BCUT2D eigenvalue weighted by Crippen LogP contribution is 2.43. The summed E-state index contributed by atoms with van der Waals surface area (Å²) in [6.45, 7) is 8.75. The van der Waals surface area contributed by atoms with E-state index in [0.29, 0.717) is 24.2 Å². The van der Waals surface area contributed by atoms with Crippen LogP contribution in [0.5, 0.6) is 5.75 Å². The predicted octanol–water partition coefficient (Wildman–Crippen LogP) is 5.10. The van der Waals surface area contributed by atoms with Crippen molar-refractivity contribution in [2.75, 3.05) is 40.3 Å². The lowest BCUT2D eigenvalue weighted by molar-refractivity contribution is -0.141. The molecule has 2 heterocycles. The van der Waals surface area contributed by atoms with Crippen LogP contribution in [0.4, 0.5) is 4.39 Å². The number of hydrogen-bond acceptors (Lipinski definition) is 5. The minimum Gasteiger partial charge on any atom is -0.508 e. The van der Waals surface area contributed by atoms with E-state index in [4.69, 9.17) is 0 Å². The average molecular weight is 538 g/mol. The maximum atomic E-state index is 14.9. The van der Waals surface area contributed by atoms with Crippen molar-refractivity contribution < 1.29 is 19.1 Å². The van der Waals surface area contributed by atoms with Gasteiger partial charge in [-0.2, -0.15) is 0 Å². The van der Waals surface area contributed by atoms with Crippen molar-refractivity contribution in [3.63, 3.8) is 0 Å². The topological polar surface area (TPSA) is 64.1 Å². The van der Waals surface area contributed by atoms with E-state index in [9.17, 15) is 19.1 Å². The first kappa shape index (κ1) is 29.2. The van der Waals surface area contributed by atoms with Crippen LogP contribution in [0.15, 0.2) is 42.5 Å². The largest absolute Gasteiger partial charge is 0.508 e. The second-order valence-corrected chi connectivity index (χ2v) is 11.9. The second-order valence-electron chi connectivity index (χ2n) is 11.9. The van der Waals surface area contributed by atoms with Crippen LogP contribution in [0.3, 0.4) is 0 Å². The summed E-state index contributed by atoms with van der Waals surface area (Å²) in [7, 11) is 4.12. The van der Waals surface area contributed by atoms with Crippen molar-refractivity contribution in [1.29, 1.82) is 0 Å². The molecule has 0 aromatic heterocycles. The van der Waals surface area contributed by atoms with Crippen molar-refractivity contribution in [2.45, 2.75) is 64.5 Å². The van der Waals surface area contributed by atoms with Crippen LogP contribution in [0, 0.1) is 24.6 Å². The van der Waals surface area contributed by atoms with Gasteiger partial charge in [-0.05, 0) is 103 Å². The molecule has 0 bridgehead atoms. The minimum absolute atomic E-state index is 0.0306. The van der Waals surface area contributed by atoms with Crippen LogP contribution in [-0.4, -0.2) is 83.9 Å². The third-order valence-corrected chi connectivity index (χ3v) is 8.77. The summed E-state index contributed by atoms with van der Waals surface area (Å²) in [5.74, 6) is -1.81. The van der Waals surface area contributed by atoms with Crippen molar-refractivity contribution in [3.05, 3.63) is 65.0 Å². The number of unbranched alkanes of at least 4 members (excludes halogenated alkanes) is 1. The molecule has 0 saturated carbocycles. The van der Waals surface area contributed by atoms with Gasteiger partial charge >= 0.3 is 0 Å². The van der Waals surface area contributed by atoms with Crippen molar-refractivity contribution in [3.8, 4) is 5.75 Å². The van der Waals surface area contributed by atoms with Crippen LogP contribution >= 0.6 is 0 Å². The molecule has 2 unspecified atom stereocenters. The van der Waals surface area contributed by atoms with E-state index in [-0.39, 0.29) is 35.3 Å². The number of rotatable bonds is 9. The Bertz CT molecular complexity index is 1160. The minimum atomic E-state index is -0.544. The molecule has 1 N–H and O–H groups in total. The summed E-state index contributed by atoms with van der Waals surface area (Å²) in [6.07, 6.45) is 3.92. The number of likely N-dealkylation sites (tertiary alicyclic amines) is 2. The first-order valence-electron chi connectivity index (χ1n) is 14.4. The van der Waals surface area contributed by atoms with Gasteiger partial charge in [0, 0.05) is 42.6 Å². The fourth-order valence-corrected chi connectivity index (χ4v) is 6.68. The Labute approximate surface area is 232 Å². The number of phenols is 1. The number of Topliss-reactive ketones (excluding diaryl/α,β-unsaturated/α-hetero) is 1. The molecule has 1 amide bonds. The molecule has 2 aliphatic rings. The molecule has 6 nitrogen and oxygen atoms in total. The first-order valence-corrected chi connectivity index (χ1v) is 14.4. The Morgan fingerprint density at radius 3 is 2.33 bits per heavy atom. The normalized spacial score (nSPS) is 25.8. The number of piperidine rings is 1. The number of amides is 1. The summed E-state index contributed by atoms with van der Waals surface area (Å²) < 4.78 is 14.9. The highest BCUT2D eigenvalue weighted by molar-refractivity contribution is 5.99. The molecule has 2 aromatic carbocycles. The van der Waals surface area contributed by atoms with Gasteiger partial charge in [0.25, 0.3) is 0 Å². The lowest BCUT2D eigenvalue weighted by Gasteiger charge is -2.45. The number of carbonyl (C=O) groups is 2. The number of carbonyl (C=O) groups excluding carboxylic acids is 2. The van der Waals surface area contributed by atoms with Gasteiger partial charge in [0.15, 0.2) is 5.78 Å². The molecule has 212 valence electrons. The van der Waals surface area contributed by atoms with E-state index in [1.165, 1.54) is 12.1 Å². The van der Waals surface area contributed by atoms with Crippen LogP contribution < -0.4 is 0 Å². The molecule has 39 heavy (non-hydrogen) atoms. The van der Waals surface area contributed by atoms with Crippen molar-refractivity contribution in [2.24, 2.45) is 11.8 Å². The Kier molecular flexibility index (Phi) is 9.44. The zero-order valence-electron chi connectivity index (χ0n) is 24.1. The molecule has 0 spiro atoms. The van der Waals surface area contributed by atoms with Gasteiger partial charge in [-0.1, -0.05) is 24.3 Å². The number of aromatic hydroxyl groups is 1. The molecule has 2 saturated heterocycles.